The van der Waals surface area contributed by atoms with Gasteiger partial charge in [0, 0.05) is 32.2 Å². The van der Waals surface area contributed by atoms with E-state index < -0.39 is 0 Å². The minimum atomic E-state index is 0.706. The number of rotatable bonds is 7. The molecule has 0 unspecified atom stereocenters. The molecule has 4 nitrogen and oxygen atoms in total. The second-order valence-electron chi connectivity index (χ2n) is 4.05. The molecule has 0 aliphatic rings. The van der Waals surface area contributed by atoms with Gasteiger partial charge in [-0.25, -0.2) is 4.98 Å². The van der Waals surface area contributed by atoms with E-state index in [1.807, 2.05) is 42.0 Å². The number of hydrogen-bond donors (Lipinski definition) is 1. The molecule has 0 radical (unpaired) electrons. The minimum absolute atomic E-state index is 0.706. The third-order valence-electron chi connectivity index (χ3n) is 2.71. The second kappa shape index (κ2) is 7.16. The topological polar surface area (TPSA) is 39.1 Å². The summed E-state index contributed by atoms with van der Waals surface area (Å²) in [6.45, 7) is 4.34. The van der Waals surface area contributed by atoms with Gasteiger partial charge in [-0.3, -0.25) is 4.57 Å². The highest BCUT2D eigenvalue weighted by molar-refractivity contribution is 6.32. The van der Waals surface area contributed by atoms with Crippen LogP contribution >= 0.6 is 11.6 Å². The van der Waals surface area contributed by atoms with Crippen molar-refractivity contribution in [2.24, 2.45) is 0 Å². The molecule has 0 fully saturated rings. The summed E-state index contributed by atoms with van der Waals surface area (Å²) in [6, 6.07) is 7.71. The van der Waals surface area contributed by atoms with Crippen molar-refractivity contribution in [2.75, 3.05) is 25.1 Å². The van der Waals surface area contributed by atoms with Gasteiger partial charge in [0.1, 0.15) is 0 Å². The Labute approximate surface area is 118 Å². The van der Waals surface area contributed by atoms with Gasteiger partial charge in [-0.2, -0.15) is 0 Å². The zero-order valence-corrected chi connectivity index (χ0v) is 11.7. The van der Waals surface area contributed by atoms with E-state index in [2.05, 4.69) is 10.3 Å². The third kappa shape index (κ3) is 3.72. The summed E-state index contributed by atoms with van der Waals surface area (Å²) in [7, 11) is 0. The number of nitrogens with one attached hydrogen (secondary N) is 1. The molecule has 0 spiro atoms. The highest BCUT2D eigenvalue weighted by Gasteiger charge is 2.06. The summed E-state index contributed by atoms with van der Waals surface area (Å²) < 4.78 is 7.25. The Bertz CT molecular complexity index is 513. The van der Waals surface area contributed by atoms with Crippen molar-refractivity contribution in [3.8, 4) is 5.69 Å². The molecule has 0 atom stereocenters. The van der Waals surface area contributed by atoms with Gasteiger partial charge in [-0.05, 0) is 25.5 Å². The molecule has 1 aromatic heterocycles. The quantitative estimate of drug-likeness (QED) is 0.790. The number of halogens is 1. The first-order chi connectivity index (χ1) is 9.33. The zero-order chi connectivity index (χ0) is 13.5. The van der Waals surface area contributed by atoms with Gasteiger partial charge >= 0.3 is 0 Å². The van der Waals surface area contributed by atoms with Crippen LogP contribution in [0.15, 0.2) is 36.7 Å². The number of benzene rings is 1. The molecule has 2 aromatic rings. The molecule has 0 saturated heterocycles. The number of aromatic nitrogens is 2. The van der Waals surface area contributed by atoms with Gasteiger partial charge in [0.2, 0.25) is 5.95 Å². The molecule has 2 rings (SSSR count). The smallest absolute Gasteiger partial charge is 0.207 e. The first kappa shape index (κ1) is 13.9. The fourth-order valence-electron chi connectivity index (χ4n) is 1.79. The Kier molecular flexibility index (Phi) is 5.24. The van der Waals surface area contributed by atoms with Crippen LogP contribution in [0.3, 0.4) is 0 Å². The first-order valence-electron chi connectivity index (χ1n) is 6.42. The van der Waals surface area contributed by atoms with Crippen LogP contribution in [-0.2, 0) is 4.74 Å². The fraction of sp³-hybridized carbons (Fsp3) is 0.357. The first-order valence-corrected chi connectivity index (χ1v) is 6.80. The van der Waals surface area contributed by atoms with Gasteiger partial charge in [0.15, 0.2) is 0 Å². The molecule has 5 heteroatoms. The van der Waals surface area contributed by atoms with Gasteiger partial charge in [-0.1, -0.05) is 23.7 Å². The monoisotopic (exact) mass is 279 g/mol. The lowest BCUT2D eigenvalue weighted by Crippen LogP contribution is -2.10. The summed E-state index contributed by atoms with van der Waals surface area (Å²) in [6.07, 6.45) is 4.60. The predicted octanol–water partition coefficient (Wildman–Crippen LogP) is 3.36. The number of ether oxygens (including phenoxy) is 1. The summed E-state index contributed by atoms with van der Waals surface area (Å²) in [5, 5.41) is 4.00. The molecule has 1 N–H and O–H groups in total. The average Bonchev–Trinajstić information content (AvgIpc) is 2.87. The summed E-state index contributed by atoms with van der Waals surface area (Å²) >= 11 is 6.19. The van der Waals surface area contributed by atoms with Crippen molar-refractivity contribution in [2.45, 2.75) is 13.3 Å². The number of nitrogens with zero attached hydrogens (tertiary/aromatic N) is 2. The SMILES string of the molecule is CCOCCCNc1nccn1-c1ccccc1Cl. The van der Waals surface area contributed by atoms with Crippen molar-refractivity contribution in [3.05, 3.63) is 41.7 Å². The maximum atomic E-state index is 6.19. The molecule has 0 saturated carbocycles. The molecule has 19 heavy (non-hydrogen) atoms. The Morgan fingerprint density at radius 3 is 3.00 bits per heavy atom. The Balaban J connectivity index is 2.00. The van der Waals surface area contributed by atoms with Crippen LogP contribution in [0.1, 0.15) is 13.3 Å². The highest BCUT2D eigenvalue weighted by Crippen LogP contribution is 2.22. The lowest BCUT2D eigenvalue weighted by Gasteiger charge is -2.11. The fourth-order valence-corrected chi connectivity index (χ4v) is 2.02. The Morgan fingerprint density at radius 2 is 2.21 bits per heavy atom. The predicted molar refractivity (Wildman–Crippen MR) is 78.2 cm³/mol. The van der Waals surface area contributed by atoms with Gasteiger partial charge in [-0.15, -0.1) is 0 Å². The highest BCUT2D eigenvalue weighted by atomic mass is 35.5. The van der Waals surface area contributed by atoms with Crippen molar-refractivity contribution in [1.82, 2.24) is 9.55 Å². The second-order valence-corrected chi connectivity index (χ2v) is 4.46. The summed E-state index contributed by atoms with van der Waals surface area (Å²) in [5.41, 5.74) is 0.925. The van der Waals surface area contributed by atoms with E-state index in [0.717, 1.165) is 37.8 Å². The molecule has 0 aliphatic heterocycles. The van der Waals surface area contributed by atoms with E-state index in [-0.39, 0.29) is 0 Å². The molecule has 0 amide bonds. The summed E-state index contributed by atoms with van der Waals surface area (Å²) in [5.74, 6) is 0.796. The van der Waals surface area contributed by atoms with Crippen molar-refractivity contribution >= 4 is 17.5 Å². The maximum Gasteiger partial charge on any atom is 0.207 e. The van der Waals surface area contributed by atoms with Gasteiger partial charge in [0.05, 0.1) is 10.7 Å². The third-order valence-corrected chi connectivity index (χ3v) is 3.03. The molecule has 1 aromatic carbocycles. The van der Waals surface area contributed by atoms with E-state index in [9.17, 15) is 0 Å². The molecule has 1 heterocycles. The number of hydrogen-bond acceptors (Lipinski definition) is 3. The van der Waals surface area contributed by atoms with Crippen molar-refractivity contribution < 1.29 is 4.74 Å². The van der Waals surface area contributed by atoms with Crippen molar-refractivity contribution in [1.29, 1.82) is 0 Å². The molecule has 102 valence electrons. The largest absolute Gasteiger partial charge is 0.382 e. The van der Waals surface area contributed by atoms with Gasteiger partial charge < -0.3 is 10.1 Å². The minimum Gasteiger partial charge on any atom is -0.382 e. The van der Waals surface area contributed by atoms with Crippen LogP contribution in [0.25, 0.3) is 5.69 Å². The molecule has 0 aliphatic carbocycles. The number of anilines is 1. The van der Waals surface area contributed by atoms with Crippen LogP contribution in [0.2, 0.25) is 5.02 Å². The van der Waals surface area contributed by atoms with E-state index in [4.69, 9.17) is 16.3 Å². The molecular weight excluding hydrogens is 262 g/mol. The number of para-hydroxylation sites is 1. The lowest BCUT2D eigenvalue weighted by atomic mass is 10.3. The molecular formula is C14H18ClN3O. The number of imidazole rings is 1. The lowest BCUT2D eigenvalue weighted by molar-refractivity contribution is 0.147. The van der Waals surface area contributed by atoms with E-state index in [1.165, 1.54) is 0 Å². The van der Waals surface area contributed by atoms with Crippen LogP contribution < -0.4 is 5.32 Å². The van der Waals surface area contributed by atoms with Crippen LogP contribution in [0.5, 0.6) is 0 Å². The maximum absolute atomic E-state index is 6.19. The Morgan fingerprint density at radius 1 is 1.37 bits per heavy atom. The van der Waals surface area contributed by atoms with Gasteiger partial charge in [0.25, 0.3) is 0 Å². The van der Waals surface area contributed by atoms with Crippen LogP contribution in [0.4, 0.5) is 5.95 Å². The summed E-state index contributed by atoms with van der Waals surface area (Å²) in [4.78, 5) is 4.30. The van der Waals surface area contributed by atoms with E-state index in [0.29, 0.717) is 5.02 Å². The van der Waals surface area contributed by atoms with Crippen LogP contribution in [-0.4, -0.2) is 29.3 Å². The average molecular weight is 280 g/mol. The standard InChI is InChI=1S/C14H18ClN3O/c1-2-19-11-5-8-16-14-17-9-10-18(14)13-7-4-3-6-12(13)15/h3-4,6-7,9-10H,2,5,8,11H2,1H3,(H,16,17). The molecule has 0 bridgehead atoms. The zero-order valence-electron chi connectivity index (χ0n) is 11.0. The van der Waals surface area contributed by atoms with Crippen molar-refractivity contribution in [3.63, 3.8) is 0 Å². The Hall–Kier alpha value is -1.52. The normalized spacial score (nSPS) is 10.6. The van der Waals surface area contributed by atoms with E-state index in [1.54, 1.807) is 6.20 Å². The van der Waals surface area contributed by atoms with Crippen LogP contribution in [0, 0.1) is 0 Å². The van der Waals surface area contributed by atoms with E-state index >= 15 is 0 Å².